The van der Waals surface area contributed by atoms with Crippen molar-refractivity contribution in [3.63, 3.8) is 0 Å². The van der Waals surface area contributed by atoms with Gasteiger partial charge in [0.15, 0.2) is 6.29 Å². The SMILES string of the molecule is C=CCc1cc(C)cc(C=O)c1OCCOCCC. The molecule has 0 saturated carbocycles. The highest BCUT2D eigenvalue weighted by Gasteiger charge is 2.10. The minimum Gasteiger partial charge on any atom is -0.490 e. The van der Waals surface area contributed by atoms with Crippen molar-refractivity contribution in [2.45, 2.75) is 26.7 Å². The fraction of sp³-hybridized carbons (Fsp3) is 0.438. The van der Waals surface area contributed by atoms with Crippen molar-refractivity contribution < 1.29 is 14.3 Å². The predicted octanol–water partition coefficient (Wildman–Crippen LogP) is 3.34. The van der Waals surface area contributed by atoms with E-state index in [9.17, 15) is 4.79 Å². The lowest BCUT2D eigenvalue weighted by Gasteiger charge is -2.14. The molecule has 0 heterocycles. The van der Waals surface area contributed by atoms with Gasteiger partial charge in [0, 0.05) is 6.61 Å². The lowest BCUT2D eigenvalue weighted by atomic mass is 10.0. The Balaban J connectivity index is 2.77. The minimum atomic E-state index is 0.452. The average molecular weight is 262 g/mol. The number of benzene rings is 1. The first-order valence-corrected chi connectivity index (χ1v) is 6.63. The zero-order chi connectivity index (χ0) is 14.1. The van der Waals surface area contributed by atoms with Gasteiger partial charge in [-0.25, -0.2) is 0 Å². The molecule has 104 valence electrons. The number of hydrogen-bond acceptors (Lipinski definition) is 3. The highest BCUT2D eigenvalue weighted by atomic mass is 16.5. The monoisotopic (exact) mass is 262 g/mol. The topological polar surface area (TPSA) is 35.5 Å². The molecule has 0 unspecified atom stereocenters. The molecule has 0 aliphatic carbocycles. The van der Waals surface area contributed by atoms with Crippen LogP contribution in [0.15, 0.2) is 24.8 Å². The van der Waals surface area contributed by atoms with Crippen LogP contribution < -0.4 is 4.74 Å². The van der Waals surface area contributed by atoms with E-state index in [0.29, 0.717) is 30.9 Å². The molecule has 3 nitrogen and oxygen atoms in total. The fourth-order valence-electron chi connectivity index (χ4n) is 1.90. The average Bonchev–Trinajstić information content (AvgIpc) is 2.40. The van der Waals surface area contributed by atoms with Crippen molar-refractivity contribution in [1.82, 2.24) is 0 Å². The Kier molecular flexibility index (Phi) is 6.90. The first kappa shape index (κ1) is 15.4. The van der Waals surface area contributed by atoms with Gasteiger partial charge < -0.3 is 9.47 Å². The van der Waals surface area contributed by atoms with Gasteiger partial charge in [0.05, 0.1) is 12.2 Å². The highest BCUT2D eigenvalue weighted by Crippen LogP contribution is 2.25. The second-order valence-electron chi connectivity index (χ2n) is 4.41. The van der Waals surface area contributed by atoms with Gasteiger partial charge in [-0.3, -0.25) is 4.79 Å². The number of carbonyl (C=O) groups is 1. The lowest BCUT2D eigenvalue weighted by Crippen LogP contribution is -2.10. The molecule has 3 heteroatoms. The van der Waals surface area contributed by atoms with Gasteiger partial charge in [-0.1, -0.05) is 19.1 Å². The first-order valence-electron chi connectivity index (χ1n) is 6.63. The zero-order valence-corrected chi connectivity index (χ0v) is 11.8. The van der Waals surface area contributed by atoms with Crippen LogP contribution in [0.1, 0.15) is 34.8 Å². The largest absolute Gasteiger partial charge is 0.490 e. The molecule has 0 amide bonds. The third-order valence-corrected chi connectivity index (χ3v) is 2.65. The molecule has 0 aliphatic heterocycles. The molecule has 0 saturated heterocycles. The third kappa shape index (κ3) is 4.87. The van der Waals surface area contributed by atoms with E-state index in [-0.39, 0.29) is 0 Å². The molecule has 0 atom stereocenters. The molecule has 0 radical (unpaired) electrons. The van der Waals surface area contributed by atoms with Crippen LogP contribution in [0, 0.1) is 6.92 Å². The number of ether oxygens (including phenoxy) is 2. The molecule has 0 bridgehead atoms. The number of carbonyl (C=O) groups excluding carboxylic acids is 1. The normalized spacial score (nSPS) is 10.2. The summed E-state index contributed by atoms with van der Waals surface area (Å²) in [7, 11) is 0. The molecule has 0 fully saturated rings. The van der Waals surface area contributed by atoms with Crippen LogP contribution >= 0.6 is 0 Å². The Morgan fingerprint density at radius 3 is 2.68 bits per heavy atom. The van der Waals surface area contributed by atoms with Gasteiger partial charge in [0.1, 0.15) is 12.4 Å². The molecule has 1 rings (SSSR count). The molecule has 19 heavy (non-hydrogen) atoms. The van der Waals surface area contributed by atoms with Gasteiger partial charge in [0.25, 0.3) is 0 Å². The van der Waals surface area contributed by atoms with Crippen LogP contribution in [0.2, 0.25) is 0 Å². The van der Waals surface area contributed by atoms with Gasteiger partial charge in [-0.05, 0) is 37.0 Å². The van der Waals surface area contributed by atoms with Gasteiger partial charge >= 0.3 is 0 Å². The van der Waals surface area contributed by atoms with E-state index >= 15 is 0 Å². The van der Waals surface area contributed by atoms with Gasteiger partial charge in [-0.2, -0.15) is 0 Å². The standard InChI is InChI=1S/C16H22O3/c1-4-6-14-10-13(3)11-15(12-17)16(14)19-9-8-18-7-5-2/h4,10-12H,1,5-9H2,2-3H3. The summed E-state index contributed by atoms with van der Waals surface area (Å²) in [6, 6.07) is 3.86. The third-order valence-electron chi connectivity index (χ3n) is 2.65. The predicted molar refractivity (Wildman–Crippen MR) is 77.1 cm³/mol. The van der Waals surface area contributed by atoms with Crippen LogP contribution in [-0.2, 0) is 11.2 Å². The van der Waals surface area contributed by atoms with Crippen molar-refractivity contribution >= 4 is 6.29 Å². The molecule has 0 N–H and O–H groups in total. The zero-order valence-electron chi connectivity index (χ0n) is 11.8. The lowest BCUT2D eigenvalue weighted by molar-refractivity contribution is 0.0989. The summed E-state index contributed by atoms with van der Waals surface area (Å²) in [5.74, 6) is 0.653. The summed E-state index contributed by atoms with van der Waals surface area (Å²) < 4.78 is 11.1. The van der Waals surface area contributed by atoms with Gasteiger partial charge in [-0.15, -0.1) is 6.58 Å². The molecule has 1 aromatic rings. The summed E-state index contributed by atoms with van der Waals surface area (Å²) in [5, 5.41) is 0. The van der Waals surface area contributed by atoms with Crippen molar-refractivity contribution in [2.75, 3.05) is 19.8 Å². The summed E-state index contributed by atoms with van der Waals surface area (Å²) >= 11 is 0. The number of aldehydes is 1. The van der Waals surface area contributed by atoms with E-state index in [1.165, 1.54) is 0 Å². The Morgan fingerprint density at radius 2 is 2.05 bits per heavy atom. The van der Waals surface area contributed by atoms with Crippen molar-refractivity contribution in [3.05, 3.63) is 41.5 Å². The van der Waals surface area contributed by atoms with Crippen LogP contribution in [0.4, 0.5) is 0 Å². The number of hydrogen-bond donors (Lipinski definition) is 0. The van der Waals surface area contributed by atoms with Gasteiger partial charge in [0.2, 0.25) is 0 Å². The maximum absolute atomic E-state index is 11.1. The maximum Gasteiger partial charge on any atom is 0.153 e. The van der Waals surface area contributed by atoms with E-state index in [0.717, 1.165) is 30.4 Å². The highest BCUT2D eigenvalue weighted by molar-refractivity contribution is 5.80. The van der Waals surface area contributed by atoms with Crippen molar-refractivity contribution in [3.8, 4) is 5.75 Å². The van der Waals surface area contributed by atoms with E-state index in [1.807, 2.05) is 25.1 Å². The second-order valence-corrected chi connectivity index (χ2v) is 4.41. The van der Waals surface area contributed by atoms with Crippen molar-refractivity contribution in [1.29, 1.82) is 0 Å². The van der Waals surface area contributed by atoms with E-state index in [2.05, 4.69) is 13.5 Å². The number of rotatable bonds is 9. The Hall–Kier alpha value is -1.61. The maximum atomic E-state index is 11.1. The van der Waals surface area contributed by atoms with E-state index < -0.39 is 0 Å². The van der Waals surface area contributed by atoms with E-state index in [1.54, 1.807) is 0 Å². The molecule has 0 spiro atoms. The quantitative estimate of drug-likeness (QED) is 0.389. The van der Waals surface area contributed by atoms with Crippen LogP contribution in [0.25, 0.3) is 0 Å². The summed E-state index contributed by atoms with van der Waals surface area (Å²) in [6.45, 7) is 9.48. The fourth-order valence-corrected chi connectivity index (χ4v) is 1.90. The summed E-state index contributed by atoms with van der Waals surface area (Å²) in [4.78, 5) is 11.1. The number of aryl methyl sites for hydroxylation is 1. The van der Waals surface area contributed by atoms with Crippen LogP contribution in [0.3, 0.4) is 0 Å². The smallest absolute Gasteiger partial charge is 0.153 e. The molecule has 0 aliphatic rings. The molecule has 0 aromatic heterocycles. The second kappa shape index (κ2) is 8.48. The Morgan fingerprint density at radius 1 is 1.26 bits per heavy atom. The molecular weight excluding hydrogens is 240 g/mol. The Bertz CT molecular complexity index is 424. The molecular formula is C16H22O3. The van der Waals surface area contributed by atoms with Crippen LogP contribution in [0.5, 0.6) is 5.75 Å². The number of allylic oxidation sites excluding steroid dienone is 1. The first-order chi connectivity index (χ1) is 9.22. The van der Waals surface area contributed by atoms with E-state index in [4.69, 9.17) is 9.47 Å². The summed E-state index contributed by atoms with van der Waals surface area (Å²) in [5.41, 5.74) is 2.63. The van der Waals surface area contributed by atoms with Crippen molar-refractivity contribution in [2.24, 2.45) is 0 Å². The minimum absolute atomic E-state index is 0.452. The molecule has 1 aromatic carbocycles. The van der Waals surface area contributed by atoms with Crippen LogP contribution in [-0.4, -0.2) is 26.1 Å². The Labute approximate surface area is 115 Å². The summed E-state index contributed by atoms with van der Waals surface area (Å²) in [6.07, 6.45) is 4.32.